The fraction of sp³-hybridized carbons (Fsp3) is 0.900. The van der Waals surface area contributed by atoms with Crippen LogP contribution in [0.3, 0.4) is 0 Å². The summed E-state index contributed by atoms with van der Waals surface area (Å²) in [4.78, 5) is 26.3. The number of carbonyl (C=O) groups excluding carboxylic acids is 1. The van der Waals surface area contributed by atoms with Crippen molar-refractivity contribution >= 4 is 11.9 Å². The van der Waals surface area contributed by atoms with Gasteiger partial charge in [0.25, 0.3) is 5.91 Å². The third-order valence-corrected chi connectivity index (χ3v) is 6.47. The highest BCUT2D eigenvalue weighted by Gasteiger charge is 2.44. The number of aliphatic carboxylic acids is 1. The van der Waals surface area contributed by atoms with Crippen LogP contribution in [0.15, 0.2) is 0 Å². The number of carbonyl (C=O) groups is 2. The van der Waals surface area contributed by atoms with E-state index in [1.54, 1.807) is 0 Å². The monoisotopic (exact) mass is 420 g/mol. The van der Waals surface area contributed by atoms with E-state index in [0.717, 1.165) is 57.0 Å². The van der Waals surface area contributed by atoms with Gasteiger partial charge in [0.05, 0.1) is 6.10 Å². The Kier molecular flexibility index (Phi) is 7.09. The lowest BCUT2D eigenvalue weighted by Crippen LogP contribution is -2.50. The molecule has 0 aromatic carbocycles. The van der Waals surface area contributed by atoms with Gasteiger partial charge in [0, 0.05) is 32.2 Å². The number of amides is 1. The largest absolute Gasteiger partial charge is 0.490 e. The van der Waals surface area contributed by atoms with Gasteiger partial charge in [-0.25, -0.2) is 4.79 Å². The van der Waals surface area contributed by atoms with E-state index in [1.807, 2.05) is 0 Å². The van der Waals surface area contributed by atoms with Gasteiger partial charge in [-0.05, 0) is 56.8 Å². The Hall–Kier alpha value is -1.35. The number of fused-ring (bicyclic) bond motifs is 1. The van der Waals surface area contributed by atoms with Gasteiger partial charge < -0.3 is 14.7 Å². The Morgan fingerprint density at radius 3 is 2.17 bits per heavy atom. The van der Waals surface area contributed by atoms with E-state index in [0.29, 0.717) is 12.1 Å². The summed E-state index contributed by atoms with van der Waals surface area (Å²) in [6, 6.07) is 0.589. The molecule has 4 rings (SSSR count). The van der Waals surface area contributed by atoms with E-state index in [-0.39, 0.29) is 12.0 Å². The second-order valence-electron chi connectivity index (χ2n) is 8.85. The van der Waals surface area contributed by atoms with Crippen molar-refractivity contribution in [2.75, 3.05) is 26.2 Å². The Morgan fingerprint density at radius 2 is 1.62 bits per heavy atom. The number of alkyl halides is 3. The number of halogens is 3. The first-order valence-electron chi connectivity index (χ1n) is 10.6. The summed E-state index contributed by atoms with van der Waals surface area (Å²) < 4.78 is 38.0. The van der Waals surface area contributed by atoms with Crippen molar-refractivity contribution in [3.8, 4) is 0 Å². The molecule has 3 aliphatic heterocycles. The summed E-state index contributed by atoms with van der Waals surface area (Å²) in [7, 11) is 0. The molecule has 1 N–H and O–H groups in total. The molecule has 29 heavy (non-hydrogen) atoms. The third kappa shape index (κ3) is 6.07. The van der Waals surface area contributed by atoms with Gasteiger partial charge in [0.2, 0.25) is 0 Å². The SMILES string of the molecule is CC1CCN(C(=O)[C@H]2CC[C@@H]3[C@@H](CCN3CC3CC3)O2)CC1.O=C(O)C(F)(F)F. The highest BCUT2D eigenvalue weighted by Crippen LogP contribution is 2.37. The van der Waals surface area contributed by atoms with Crippen molar-refractivity contribution in [2.45, 2.75) is 76.3 Å². The first-order valence-corrected chi connectivity index (χ1v) is 10.6. The third-order valence-electron chi connectivity index (χ3n) is 6.47. The highest BCUT2D eigenvalue weighted by atomic mass is 19.4. The topological polar surface area (TPSA) is 70.1 Å². The van der Waals surface area contributed by atoms with Gasteiger partial charge in [0.15, 0.2) is 0 Å². The van der Waals surface area contributed by atoms with Crippen LogP contribution in [0.1, 0.15) is 51.9 Å². The molecule has 0 aromatic rings. The van der Waals surface area contributed by atoms with E-state index in [1.165, 1.54) is 25.9 Å². The van der Waals surface area contributed by atoms with Gasteiger partial charge >= 0.3 is 12.1 Å². The zero-order valence-electron chi connectivity index (χ0n) is 16.9. The quantitative estimate of drug-likeness (QED) is 0.760. The summed E-state index contributed by atoms with van der Waals surface area (Å²) in [5.41, 5.74) is 0. The number of ether oxygens (including phenoxy) is 1. The van der Waals surface area contributed by atoms with E-state index in [2.05, 4.69) is 16.7 Å². The van der Waals surface area contributed by atoms with Crippen LogP contribution in [-0.4, -0.2) is 77.4 Å². The minimum absolute atomic E-state index is 0.157. The number of piperidine rings is 1. The number of hydrogen-bond acceptors (Lipinski definition) is 4. The fourth-order valence-electron chi connectivity index (χ4n) is 4.49. The predicted molar refractivity (Wildman–Crippen MR) is 99.3 cm³/mol. The first-order chi connectivity index (χ1) is 13.6. The van der Waals surface area contributed by atoms with Crippen LogP contribution in [-0.2, 0) is 14.3 Å². The molecular weight excluding hydrogens is 389 g/mol. The zero-order chi connectivity index (χ0) is 21.2. The molecule has 4 aliphatic rings. The van der Waals surface area contributed by atoms with Crippen molar-refractivity contribution in [1.29, 1.82) is 0 Å². The highest BCUT2D eigenvalue weighted by molar-refractivity contribution is 5.81. The van der Waals surface area contributed by atoms with Crippen LogP contribution >= 0.6 is 0 Å². The molecule has 0 bridgehead atoms. The van der Waals surface area contributed by atoms with Crippen LogP contribution < -0.4 is 0 Å². The van der Waals surface area contributed by atoms with Crippen molar-refractivity contribution in [1.82, 2.24) is 9.80 Å². The maximum absolute atomic E-state index is 12.7. The second-order valence-corrected chi connectivity index (χ2v) is 8.85. The van der Waals surface area contributed by atoms with Gasteiger partial charge in [-0.15, -0.1) is 0 Å². The molecule has 3 saturated heterocycles. The van der Waals surface area contributed by atoms with Crippen LogP contribution in [0.5, 0.6) is 0 Å². The molecule has 4 fully saturated rings. The number of likely N-dealkylation sites (tertiary alicyclic amines) is 2. The van der Waals surface area contributed by atoms with Crippen molar-refractivity contribution < 1.29 is 32.6 Å². The summed E-state index contributed by atoms with van der Waals surface area (Å²) >= 11 is 0. The van der Waals surface area contributed by atoms with Crippen LogP contribution in [0, 0.1) is 11.8 Å². The predicted octanol–water partition coefficient (Wildman–Crippen LogP) is 2.91. The molecule has 1 saturated carbocycles. The normalized spacial score (nSPS) is 31.0. The Morgan fingerprint density at radius 1 is 1.00 bits per heavy atom. The summed E-state index contributed by atoms with van der Waals surface area (Å²) in [5, 5.41) is 7.12. The summed E-state index contributed by atoms with van der Waals surface area (Å²) in [6.07, 6.45) is 3.41. The average Bonchev–Trinajstić information content (AvgIpc) is 3.40. The number of nitrogens with zero attached hydrogens (tertiary/aromatic N) is 2. The molecule has 9 heteroatoms. The lowest BCUT2D eigenvalue weighted by molar-refractivity contribution is -0.192. The standard InChI is InChI=1S/C18H30N2O2.C2HF3O2/c1-13-6-9-19(10-7-13)18(21)17-5-4-15-16(22-17)8-11-20(15)12-14-2-3-14;3-2(4,5)1(6)7/h13-17H,2-12H2,1H3;(H,6,7)/t15-,16-,17-;/m1./s1. The van der Waals surface area contributed by atoms with E-state index < -0.39 is 12.1 Å². The molecule has 166 valence electrons. The molecule has 1 aliphatic carbocycles. The van der Waals surface area contributed by atoms with Gasteiger partial charge in [0.1, 0.15) is 6.10 Å². The minimum Gasteiger partial charge on any atom is -0.475 e. The molecule has 1 amide bonds. The van der Waals surface area contributed by atoms with Gasteiger partial charge in [-0.2, -0.15) is 13.2 Å². The molecule has 0 spiro atoms. The minimum atomic E-state index is -5.08. The second kappa shape index (κ2) is 9.20. The zero-order valence-corrected chi connectivity index (χ0v) is 16.9. The van der Waals surface area contributed by atoms with E-state index >= 15 is 0 Å². The number of hydrogen-bond donors (Lipinski definition) is 1. The van der Waals surface area contributed by atoms with E-state index in [4.69, 9.17) is 14.6 Å². The lowest BCUT2D eigenvalue weighted by atomic mass is 9.96. The first kappa shape index (κ1) is 22.3. The number of carboxylic acids is 1. The fourth-order valence-corrected chi connectivity index (χ4v) is 4.49. The molecule has 0 unspecified atom stereocenters. The van der Waals surface area contributed by atoms with Crippen LogP contribution in [0.4, 0.5) is 13.2 Å². The van der Waals surface area contributed by atoms with Crippen LogP contribution in [0.25, 0.3) is 0 Å². The molecule has 3 atom stereocenters. The Balaban J connectivity index is 0.000000298. The number of carboxylic acid groups (broad SMARTS) is 1. The van der Waals surface area contributed by atoms with Crippen molar-refractivity contribution in [3.63, 3.8) is 0 Å². The molecule has 6 nitrogen and oxygen atoms in total. The average molecular weight is 420 g/mol. The molecule has 3 heterocycles. The van der Waals surface area contributed by atoms with Gasteiger partial charge in [-0.1, -0.05) is 6.92 Å². The summed E-state index contributed by atoms with van der Waals surface area (Å²) in [5.74, 6) is -0.765. The maximum Gasteiger partial charge on any atom is 0.490 e. The van der Waals surface area contributed by atoms with Gasteiger partial charge in [-0.3, -0.25) is 9.69 Å². The lowest BCUT2D eigenvalue weighted by Gasteiger charge is -2.38. The van der Waals surface area contributed by atoms with Crippen molar-refractivity contribution in [2.24, 2.45) is 11.8 Å². The summed E-state index contributed by atoms with van der Waals surface area (Å²) in [6.45, 7) is 6.60. The van der Waals surface area contributed by atoms with E-state index in [9.17, 15) is 18.0 Å². The molecule has 0 aromatic heterocycles. The Labute approximate surface area is 169 Å². The van der Waals surface area contributed by atoms with Crippen LogP contribution in [0.2, 0.25) is 0 Å². The molecule has 0 radical (unpaired) electrons. The number of rotatable bonds is 3. The maximum atomic E-state index is 12.7. The molecular formula is C20H31F3N2O4. The van der Waals surface area contributed by atoms with Crippen molar-refractivity contribution in [3.05, 3.63) is 0 Å². The smallest absolute Gasteiger partial charge is 0.475 e. The Bertz CT molecular complexity index is 589.